The van der Waals surface area contributed by atoms with Crippen molar-refractivity contribution in [2.75, 3.05) is 7.11 Å². The average molecular weight is 469 g/mol. The van der Waals surface area contributed by atoms with Crippen LogP contribution in [0.4, 0.5) is 0 Å². The molecular weight excluding hydrogens is 444 g/mol. The molecule has 1 atom stereocenters. The molecule has 1 aliphatic carbocycles. The number of esters is 1. The fraction of sp³-hybridized carbons (Fsp3) is 0.320. The topological polar surface area (TPSA) is 86.6 Å². The van der Waals surface area contributed by atoms with E-state index in [1.165, 1.54) is 0 Å². The van der Waals surface area contributed by atoms with Gasteiger partial charge < -0.3 is 14.8 Å². The van der Waals surface area contributed by atoms with Crippen LogP contribution in [0, 0.1) is 6.92 Å². The number of hydrogen-bond acceptors (Lipinski definition) is 5. The van der Waals surface area contributed by atoms with Crippen LogP contribution in [0.5, 0.6) is 5.75 Å². The van der Waals surface area contributed by atoms with Gasteiger partial charge in [-0.05, 0) is 74.7 Å². The number of aromatic nitrogens is 1. The van der Waals surface area contributed by atoms with E-state index in [1.54, 1.807) is 68.0 Å². The van der Waals surface area contributed by atoms with Gasteiger partial charge in [0.05, 0.1) is 19.0 Å². The molecule has 4 rings (SSSR count). The first-order chi connectivity index (χ1) is 15.8. The normalized spacial score (nSPS) is 14.1. The van der Waals surface area contributed by atoms with Gasteiger partial charge in [-0.25, -0.2) is 0 Å². The lowest BCUT2D eigenvalue weighted by Gasteiger charge is -2.13. The van der Waals surface area contributed by atoms with Gasteiger partial charge in [-0.3, -0.25) is 19.0 Å². The van der Waals surface area contributed by atoms with E-state index in [2.05, 4.69) is 5.32 Å². The molecule has 0 unspecified atom stereocenters. The number of amides is 1. The second kappa shape index (κ2) is 9.27. The van der Waals surface area contributed by atoms with Gasteiger partial charge in [-0.15, -0.1) is 0 Å². The van der Waals surface area contributed by atoms with Crippen molar-refractivity contribution >= 4 is 40.3 Å². The molecule has 3 aromatic rings. The number of carbonyl (C=O) groups is 3. The van der Waals surface area contributed by atoms with Crippen molar-refractivity contribution in [1.29, 1.82) is 0 Å². The number of ether oxygens (including phenoxy) is 2. The third-order valence-electron chi connectivity index (χ3n) is 5.76. The van der Waals surface area contributed by atoms with Crippen molar-refractivity contribution < 1.29 is 23.9 Å². The number of hydrogen-bond donors (Lipinski definition) is 1. The lowest BCUT2D eigenvalue weighted by molar-refractivity contribution is -0.154. The molecule has 0 saturated heterocycles. The predicted molar refractivity (Wildman–Crippen MR) is 125 cm³/mol. The van der Waals surface area contributed by atoms with Gasteiger partial charge >= 0.3 is 5.97 Å². The molecule has 0 bridgehead atoms. The first-order valence-corrected chi connectivity index (χ1v) is 11.1. The van der Waals surface area contributed by atoms with Gasteiger partial charge in [-0.1, -0.05) is 11.6 Å². The Morgan fingerprint density at radius 1 is 1.15 bits per heavy atom. The number of nitrogens with zero attached hydrogens (tertiary/aromatic N) is 1. The van der Waals surface area contributed by atoms with Crippen LogP contribution >= 0.6 is 11.6 Å². The molecule has 1 N–H and O–H groups in total. The number of nitrogens with one attached hydrogen (secondary N) is 1. The first kappa shape index (κ1) is 22.9. The van der Waals surface area contributed by atoms with E-state index in [4.69, 9.17) is 21.1 Å². The number of rotatable bonds is 7. The van der Waals surface area contributed by atoms with E-state index in [0.29, 0.717) is 38.5 Å². The molecule has 1 aliphatic rings. The van der Waals surface area contributed by atoms with E-state index in [9.17, 15) is 14.4 Å². The predicted octanol–water partition coefficient (Wildman–Crippen LogP) is 4.05. The Bertz CT molecular complexity index is 1230. The summed E-state index contributed by atoms with van der Waals surface area (Å²) < 4.78 is 12.3. The zero-order valence-electron chi connectivity index (χ0n) is 18.7. The minimum Gasteiger partial charge on any atom is -0.497 e. The zero-order chi connectivity index (χ0) is 23.7. The van der Waals surface area contributed by atoms with Crippen LogP contribution in [-0.4, -0.2) is 41.6 Å². The standard InChI is InChI=1S/C25H25ClN2O5/c1-14-20(13-23(29)33-15(2)24(30)27-18-8-9-18)21-12-19(32-3)10-11-22(21)28(14)25(31)16-4-6-17(26)7-5-16/h4-7,10-12,15,18H,8-9,13H2,1-3H3,(H,27,30)/t15-/m0/s1. The van der Waals surface area contributed by atoms with Crippen LogP contribution in [0.25, 0.3) is 10.9 Å². The van der Waals surface area contributed by atoms with Crippen molar-refractivity contribution in [3.8, 4) is 5.75 Å². The van der Waals surface area contributed by atoms with Gasteiger partial charge in [0.15, 0.2) is 6.10 Å². The van der Waals surface area contributed by atoms with Crippen LogP contribution in [0.2, 0.25) is 5.02 Å². The molecule has 1 saturated carbocycles. The Labute approximate surface area is 196 Å². The SMILES string of the molecule is COc1ccc2c(c1)c(CC(=O)O[C@@H](C)C(=O)NC1CC1)c(C)n2C(=O)c1ccc(Cl)cc1. The van der Waals surface area contributed by atoms with Gasteiger partial charge in [-0.2, -0.15) is 0 Å². The fourth-order valence-corrected chi connectivity index (χ4v) is 3.90. The fourth-order valence-electron chi connectivity index (χ4n) is 3.78. The van der Waals surface area contributed by atoms with Gasteiger partial charge in [0.1, 0.15) is 5.75 Å². The molecule has 7 nitrogen and oxygen atoms in total. The maximum Gasteiger partial charge on any atom is 0.311 e. The van der Waals surface area contributed by atoms with E-state index in [1.807, 2.05) is 0 Å². The van der Waals surface area contributed by atoms with Crippen molar-refractivity contribution in [3.63, 3.8) is 0 Å². The quantitative estimate of drug-likeness (QED) is 0.528. The van der Waals surface area contributed by atoms with Crippen molar-refractivity contribution in [2.45, 2.75) is 45.3 Å². The first-order valence-electron chi connectivity index (χ1n) is 10.8. The van der Waals surface area contributed by atoms with Crippen LogP contribution in [-0.2, 0) is 20.7 Å². The van der Waals surface area contributed by atoms with E-state index in [0.717, 1.165) is 12.8 Å². The summed E-state index contributed by atoms with van der Waals surface area (Å²) in [7, 11) is 1.55. The number of benzene rings is 2. The van der Waals surface area contributed by atoms with E-state index < -0.39 is 12.1 Å². The lowest BCUT2D eigenvalue weighted by Crippen LogP contribution is -2.37. The number of fused-ring (bicyclic) bond motifs is 1. The molecule has 172 valence electrons. The number of halogens is 1. The van der Waals surface area contributed by atoms with Gasteiger partial charge in [0, 0.05) is 27.7 Å². The average Bonchev–Trinajstić information content (AvgIpc) is 3.57. The molecule has 0 radical (unpaired) electrons. The number of carbonyl (C=O) groups excluding carboxylic acids is 3. The van der Waals surface area contributed by atoms with Gasteiger partial charge in [0.25, 0.3) is 11.8 Å². The summed E-state index contributed by atoms with van der Waals surface area (Å²) in [5.74, 6) is -0.483. The summed E-state index contributed by atoms with van der Waals surface area (Å²) in [4.78, 5) is 38.2. The largest absolute Gasteiger partial charge is 0.497 e. The minimum absolute atomic E-state index is 0.0859. The van der Waals surface area contributed by atoms with Crippen LogP contribution in [0.15, 0.2) is 42.5 Å². The third-order valence-corrected chi connectivity index (χ3v) is 6.01. The molecule has 0 aliphatic heterocycles. The zero-order valence-corrected chi connectivity index (χ0v) is 19.4. The van der Waals surface area contributed by atoms with Crippen molar-refractivity contribution in [3.05, 3.63) is 64.3 Å². The Balaban J connectivity index is 1.66. The second-order valence-electron chi connectivity index (χ2n) is 8.19. The summed E-state index contributed by atoms with van der Waals surface area (Å²) in [6.07, 6.45) is 0.928. The Kier molecular flexibility index (Phi) is 6.42. The third kappa shape index (κ3) is 4.88. The van der Waals surface area contributed by atoms with Crippen LogP contribution in [0.1, 0.15) is 41.4 Å². The number of methoxy groups -OCH3 is 1. The molecule has 8 heteroatoms. The molecule has 1 heterocycles. The monoisotopic (exact) mass is 468 g/mol. The Morgan fingerprint density at radius 3 is 2.48 bits per heavy atom. The van der Waals surface area contributed by atoms with E-state index >= 15 is 0 Å². The maximum absolute atomic E-state index is 13.3. The van der Waals surface area contributed by atoms with Crippen LogP contribution < -0.4 is 10.1 Å². The van der Waals surface area contributed by atoms with E-state index in [-0.39, 0.29) is 24.3 Å². The summed E-state index contributed by atoms with van der Waals surface area (Å²) >= 11 is 5.97. The highest BCUT2D eigenvalue weighted by molar-refractivity contribution is 6.30. The highest BCUT2D eigenvalue weighted by atomic mass is 35.5. The maximum atomic E-state index is 13.3. The summed E-state index contributed by atoms with van der Waals surface area (Å²) in [6.45, 7) is 3.34. The molecular formula is C25H25ClN2O5. The summed E-state index contributed by atoms with van der Waals surface area (Å²) in [5.41, 5.74) is 2.38. The highest BCUT2D eigenvalue weighted by Gasteiger charge is 2.28. The lowest BCUT2D eigenvalue weighted by atomic mass is 10.1. The molecule has 33 heavy (non-hydrogen) atoms. The molecule has 2 aromatic carbocycles. The second-order valence-corrected chi connectivity index (χ2v) is 8.62. The highest BCUT2D eigenvalue weighted by Crippen LogP contribution is 2.31. The van der Waals surface area contributed by atoms with Crippen molar-refractivity contribution in [1.82, 2.24) is 9.88 Å². The molecule has 0 spiro atoms. The summed E-state index contributed by atoms with van der Waals surface area (Å²) in [6, 6.07) is 12.2. The van der Waals surface area contributed by atoms with Gasteiger partial charge in [0.2, 0.25) is 0 Å². The Hall–Kier alpha value is -3.32. The van der Waals surface area contributed by atoms with Crippen molar-refractivity contribution in [2.24, 2.45) is 0 Å². The molecule has 1 amide bonds. The molecule has 1 aromatic heterocycles. The smallest absolute Gasteiger partial charge is 0.311 e. The Morgan fingerprint density at radius 2 is 1.85 bits per heavy atom. The summed E-state index contributed by atoms with van der Waals surface area (Å²) in [5, 5.41) is 4.07. The minimum atomic E-state index is -0.892. The molecule has 1 fully saturated rings. The van der Waals surface area contributed by atoms with Crippen LogP contribution in [0.3, 0.4) is 0 Å².